The van der Waals surface area contributed by atoms with Crippen molar-refractivity contribution < 1.29 is 38.0 Å². The molecular weight excluding hydrogens is 547 g/mol. The molecule has 1 aromatic heterocycles. The van der Waals surface area contributed by atoms with Gasteiger partial charge in [0.2, 0.25) is 0 Å². The number of ether oxygens (including phenoxy) is 1. The van der Waals surface area contributed by atoms with Crippen LogP contribution in [0, 0.1) is 17.5 Å². The first-order valence-corrected chi connectivity index (χ1v) is 13.0. The number of aliphatic hydroxyl groups excluding tert-OH is 3. The number of nitrogens with zero attached hydrogens (tertiary/aromatic N) is 3. The summed E-state index contributed by atoms with van der Waals surface area (Å²) in [7, 11) is 0. The highest BCUT2D eigenvalue weighted by molar-refractivity contribution is 8.00. The molecule has 2 aliphatic rings. The minimum atomic E-state index is -1.60. The predicted octanol–water partition coefficient (Wildman–Crippen LogP) is 3.24. The van der Waals surface area contributed by atoms with Crippen LogP contribution in [0.5, 0.6) is 0 Å². The van der Waals surface area contributed by atoms with E-state index in [0.29, 0.717) is 28.6 Å². The predicted molar refractivity (Wildman–Crippen MR) is 132 cm³/mol. The van der Waals surface area contributed by atoms with E-state index >= 15 is 0 Å². The molecule has 5 rings (SSSR count). The van der Waals surface area contributed by atoms with Crippen molar-refractivity contribution in [3.05, 3.63) is 70.8 Å². The zero-order valence-corrected chi connectivity index (χ0v) is 21.2. The summed E-state index contributed by atoms with van der Waals surface area (Å²) >= 11 is 7.20. The van der Waals surface area contributed by atoms with Crippen LogP contribution in [0.1, 0.15) is 22.8 Å². The van der Waals surface area contributed by atoms with Crippen molar-refractivity contribution in [2.75, 3.05) is 19.7 Å². The van der Waals surface area contributed by atoms with Gasteiger partial charge >= 0.3 is 0 Å². The van der Waals surface area contributed by atoms with Crippen LogP contribution in [0.3, 0.4) is 0 Å². The van der Waals surface area contributed by atoms with E-state index in [2.05, 4.69) is 5.10 Å². The van der Waals surface area contributed by atoms with Crippen LogP contribution in [0.2, 0.25) is 5.02 Å². The summed E-state index contributed by atoms with van der Waals surface area (Å²) in [6.07, 6.45) is -0.447. The lowest BCUT2D eigenvalue weighted by atomic mass is 9.97. The van der Waals surface area contributed by atoms with Gasteiger partial charge in [0.05, 0.1) is 18.4 Å². The van der Waals surface area contributed by atoms with Gasteiger partial charge in [0.25, 0.3) is 5.91 Å². The highest BCUT2D eigenvalue weighted by atomic mass is 35.5. The zero-order chi connectivity index (χ0) is 27.1. The van der Waals surface area contributed by atoms with E-state index in [1.54, 1.807) is 23.1 Å². The molecule has 0 aliphatic carbocycles. The van der Waals surface area contributed by atoms with Crippen LogP contribution in [-0.2, 0) is 4.74 Å². The van der Waals surface area contributed by atoms with E-state index in [1.165, 1.54) is 17.1 Å². The maximum atomic E-state index is 13.8. The van der Waals surface area contributed by atoms with Crippen LogP contribution >= 0.6 is 23.4 Å². The van der Waals surface area contributed by atoms with Gasteiger partial charge in [-0.1, -0.05) is 23.4 Å². The summed E-state index contributed by atoms with van der Waals surface area (Å²) in [4.78, 5) is 15.1. The van der Waals surface area contributed by atoms with E-state index in [9.17, 15) is 33.3 Å². The third-order valence-electron chi connectivity index (χ3n) is 6.63. The topological polar surface area (TPSA) is 108 Å². The third-order valence-corrected chi connectivity index (χ3v) is 8.08. The molecule has 5 atom stereocenters. The van der Waals surface area contributed by atoms with Gasteiger partial charge in [0, 0.05) is 34.8 Å². The number of hydrogen-bond donors (Lipinski definition) is 3. The summed E-state index contributed by atoms with van der Waals surface area (Å²) in [5.74, 6) is -4.54. The van der Waals surface area contributed by atoms with Crippen molar-refractivity contribution in [3.63, 3.8) is 0 Å². The standard InChI is InChI=1S/C25H23ClF3N3O5S/c26-14-2-3-15(24(36)31-4-1-5-31)19(8-14)38-25-23(35)21(22(34)18(11-33)37-25)32-10-13(9-30-32)12-6-16(27)20(29)17(28)7-12/h2-3,6-10,18,21-23,25,33-35H,1,4-5,11H2/t18?,21-,22-,23?,25+/m0/s1. The van der Waals surface area contributed by atoms with Crippen LogP contribution in [0.4, 0.5) is 13.2 Å². The molecule has 2 saturated heterocycles. The number of aromatic nitrogens is 2. The molecule has 0 bridgehead atoms. The summed E-state index contributed by atoms with van der Waals surface area (Å²) in [6.45, 7) is 0.690. The second kappa shape index (κ2) is 10.9. The maximum Gasteiger partial charge on any atom is 0.254 e. The lowest BCUT2D eigenvalue weighted by Gasteiger charge is -2.42. The molecule has 3 N–H and O–H groups in total. The van der Waals surface area contributed by atoms with Crippen molar-refractivity contribution in [2.45, 2.75) is 41.1 Å². The largest absolute Gasteiger partial charge is 0.394 e. The number of halogens is 4. The Balaban J connectivity index is 1.44. The quantitative estimate of drug-likeness (QED) is 0.391. The molecular formula is C25H23ClF3N3O5S. The number of thioether (sulfide) groups is 1. The Labute approximate surface area is 224 Å². The van der Waals surface area contributed by atoms with Gasteiger partial charge in [-0.3, -0.25) is 9.48 Å². The minimum absolute atomic E-state index is 0.00129. The Morgan fingerprint density at radius 3 is 2.45 bits per heavy atom. The first-order chi connectivity index (χ1) is 18.2. The van der Waals surface area contributed by atoms with Gasteiger partial charge in [-0.2, -0.15) is 5.10 Å². The molecule has 38 heavy (non-hydrogen) atoms. The molecule has 8 nitrogen and oxygen atoms in total. The molecule has 0 spiro atoms. The average Bonchev–Trinajstić information content (AvgIpc) is 3.33. The lowest BCUT2D eigenvalue weighted by molar-refractivity contribution is -0.178. The normalized spacial score (nSPS) is 25.3. The summed E-state index contributed by atoms with van der Waals surface area (Å²) in [5, 5.41) is 36.5. The zero-order valence-electron chi connectivity index (χ0n) is 19.7. The number of aliphatic hydroxyl groups is 3. The first kappa shape index (κ1) is 27.0. The van der Waals surface area contributed by atoms with Crippen LogP contribution < -0.4 is 0 Å². The van der Waals surface area contributed by atoms with E-state index in [0.717, 1.165) is 30.3 Å². The third kappa shape index (κ3) is 5.04. The molecule has 3 aromatic rings. The van der Waals surface area contributed by atoms with Crippen molar-refractivity contribution in [3.8, 4) is 11.1 Å². The number of rotatable bonds is 6. The number of carbonyl (C=O) groups is 1. The van der Waals surface area contributed by atoms with E-state index in [-0.39, 0.29) is 17.0 Å². The number of amides is 1. The van der Waals surface area contributed by atoms with E-state index in [4.69, 9.17) is 16.3 Å². The Bertz CT molecular complexity index is 1330. The van der Waals surface area contributed by atoms with Gasteiger partial charge < -0.3 is 25.0 Å². The molecule has 2 aromatic carbocycles. The summed E-state index contributed by atoms with van der Waals surface area (Å²) in [5.41, 5.74) is -0.479. The average molecular weight is 570 g/mol. The lowest BCUT2D eigenvalue weighted by Crippen LogP contribution is -2.55. The molecule has 3 heterocycles. The Kier molecular flexibility index (Phi) is 7.72. The van der Waals surface area contributed by atoms with Crippen LogP contribution in [-0.4, -0.2) is 79.4 Å². The molecule has 2 aliphatic heterocycles. The smallest absolute Gasteiger partial charge is 0.254 e. The van der Waals surface area contributed by atoms with Gasteiger partial charge in [-0.25, -0.2) is 13.2 Å². The molecule has 13 heteroatoms. The van der Waals surface area contributed by atoms with Crippen LogP contribution in [0.15, 0.2) is 47.6 Å². The van der Waals surface area contributed by atoms with Gasteiger partial charge in [0.15, 0.2) is 17.5 Å². The number of likely N-dealkylation sites (tertiary alicyclic amines) is 1. The fourth-order valence-electron chi connectivity index (χ4n) is 4.44. The second-order valence-electron chi connectivity index (χ2n) is 9.06. The molecule has 0 radical (unpaired) electrons. The van der Waals surface area contributed by atoms with Crippen molar-refractivity contribution in [1.29, 1.82) is 0 Å². The monoisotopic (exact) mass is 569 g/mol. The van der Waals surface area contributed by atoms with E-state index in [1.807, 2.05) is 0 Å². The highest BCUT2D eigenvalue weighted by Crippen LogP contribution is 2.40. The Morgan fingerprint density at radius 2 is 1.82 bits per heavy atom. The van der Waals surface area contributed by atoms with Crippen molar-refractivity contribution in [1.82, 2.24) is 14.7 Å². The Hall–Kier alpha value is -2.61. The van der Waals surface area contributed by atoms with Gasteiger partial charge in [-0.05, 0) is 42.3 Å². The first-order valence-electron chi connectivity index (χ1n) is 11.7. The molecule has 1 amide bonds. The Morgan fingerprint density at radius 1 is 1.11 bits per heavy atom. The maximum absolute atomic E-state index is 13.8. The summed E-state index contributed by atoms with van der Waals surface area (Å²) < 4.78 is 47.9. The molecule has 2 unspecified atom stereocenters. The van der Waals surface area contributed by atoms with Crippen molar-refractivity contribution in [2.24, 2.45) is 0 Å². The number of carbonyl (C=O) groups excluding carboxylic acids is 1. The number of hydrogen-bond acceptors (Lipinski definition) is 7. The second-order valence-corrected chi connectivity index (χ2v) is 10.6. The SMILES string of the molecule is O=C(c1ccc(Cl)cc1S[C@H]1OC(CO)[C@H](O)[C@H](n2cc(-c3cc(F)c(F)c(F)c3)cn2)C1O)N1CCC1. The minimum Gasteiger partial charge on any atom is -0.394 e. The van der Waals surface area contributed by atoms with Crippen molar-refractivity contribution >= 4 is 29.3 Å². The highest BCUT2D eigenvalue weighted by Gasteiger charge is 2.46. The molecule has 0 saturated carbocycles. The number of benzene rings is 2. The fraction of sp³-hybridized carbons (Fsp3) is 0.360. The van der Waals surface area contributed by atoms with Crippen LogP contribution in [0.25, 0.3) is 11.1 Å². The molecule has 202 valence electrons. The summed E-state index contributed by atoms with van der Waals surface area (Å²) in [6, 6.07) is 5.23. The van der Waals surface area contributed by atoms with Gasteiger partial charge in [0.1, 0.15) is 29.8 Å². The van der Waals surface area contributed by atoms with E-state index < -0.39 is 53.8 Å². The molecule has 2 fully saturated rings. The van der Waals surface area contributed by atoms with Gasteiger partial charge in [-0.15, -0.1) is 0 Å². The fourth-order valence-corrected chi connectivity index (χ4v) is 5.90.